The lowest BCUT2D eigenvalue weighted by Gasteiger charge is -2.11. The molecule has 8 nitrogen and oxygen atoms in total. The van der Waals surface area contributed by atoms with E-state index in [0.717, 1.165) is 29.4 Å². The highest BCUT2D eigenvalue weighted by atomic mass is 35.7. The predicted octanol–water partition coefficient (Wildman–Crippen LogP) is 6.56. The van der Waals surface area contributed by atoms with E-state index in [-0.39, 0.29) is 14.7 Å². The van der Waals surface area contributed by atoms with Gasteiger partial charge in [0.05, 0.1) is 14.7 Å². The zero-order valence-electron chi connectivity index (χ0n) is 19.3. The van der Waals surface area contributed by atoms with Crippen molar-refractivity contribution in [2.75, 3.05) is 0 Å². The molecule has 39 heavy (non-hydrogen) atoms. The minimum Gasteiger partial charge on any atom is -0.282 e. The third kappa shape index (κ3) is 8.49. The molecule has 0 aromatic heterocycles. The first-order valence-electron chi connectivity index (χ1n) is 10.6. The first-order chi connectivity index (χ1) is 18.2. The molecular weight excluding hydrogens is 644 g/mol. The number of rotatable bonds is 9. The average Bonchev–Trinajstić information content (AvgIpc) is 2.83. The van der Waals surface area contributed by atoms with E-state index >= 15 is 0 Å². The largest absolute Gasteiger partial charge is 0.294 e. The van der Waals surface area contributed by atoms with Crippen molar-refractivity contribution in [3.63, 3.8) is 0 Å². The van der Waals surface area contributed by atoms with E-state index < -0.39 is 29.3 Å². The van der Waals surface area contributed by atoms with Crippen LogP contribution in [0.5, 0.6) is 0 Å². The van der Waals surface area contributed by atoms with Crippen LogP contribution in [0.4, 0.5) is 0 Å². The highest BCUT2D eigenvalue weighted by Crippen LogP contribution is 2.39. The van der Waals surface area contributed by atoms with Crippen molar-refractivity contribution in [3.05, 3.63) is 91.0 Å². The van der Waals surface area contributed by atoms with Crippen LogP contribution in [0.25, 0.3) is 0 Å². The highest BCUT2D eigenvalue weighted by molar-refractivity contribution is 8.13. The molecule has 4 aromatic carbocycles. The Labute approximate surface area is 243 Å². The summed E-state index contributed by atoms with van der Waals surface area (Å²) in [6, 6.07) is 23.3. The Kier molecular flexibility index (Phi) is 9.10. The third-order valence-corrected chi connectivity index (χ3v) is 11.0. The summed E-state index contributed by atoms with van der Waals surface area (Å²) in [6.07, 6.45) is 0. The molecule has 0 unspecified atom stereocenters. The van der Waals surface area contributed by atoms with Crippen LogP contribution in [0.1, 0.15) is 0 Å². The van der Waals surface area contributed by atoms with Crippen LogP contribution in [0.3, 0.4) is 0 Å². The summed E-state index contributed by atoms with van der Waals surface area (Å²) >= 11 is 4.09. The molecule has 0 amide bonds. The molecule has 4 aromatic rings. The molecule has 0 aliphatic carbocycles. The van der Waals surface area contributed by atoms with E-state index in [9.17, 15) is 34.4 Å². The van der Waals surface area contributed by atoms with Gasteiger partial charge in [-0.1, -0.05) is 35.3 Å². The molecule has 15 heteroatoms. The molecule has 2 N–H and O–H groups in total. The van der Waals surface area contributed by atoms with Crippen LogP contribution in [-0.2, 0) is 29.3 Å². The van der Waals surface area contributed by atoms with Crippen molar-refractivity contribution < 1.29 is 34.4 Å². The Morgan fingerprint density at radius 1 is 0.436 bits per heavy atom. The van der Waals surface area contributed by atoms with E-state index in [0.29, 0.717) is 0 Å². The van der Waals surface area contributed by atoms with E-state index in [1.54, 1.807) is 36.4 Å². The minimum absolute atomic E-state index is 0.0178. The molecule has 0 saturated carbocycles. The number of halogens is 1. The van der Waals surface area contributed by atoms with Crippen LogP contribution >= 0.6 is 46.0 Å². The van der Waals surface area contributed by atoms with E-state index in [1.165, 1.54) is 71.7 Å². The quantitative estimate of drug-likeness (QED) is 0.149. The molecule has 0 radical (unpaired) electrons. The normalized spacial score (nSPS) is 12.4. The molecular formula is C24H17ClO8S6. The van der Waals surface area contributed by atoms with Gasteiger partial charge in [0.15, 0.2) is 0 Å². The van der Waals surface area contributed by atoms with Gasteiger partial charge in [-0.3, -0.25) is 9.11 Å². The summed E-state index contributed by atoms with van der Waals surface area (Å²) in [5.41, 5.74) is 0. The Bertz CT molecular complexity index is 1590. The van der Waals surface area contributed by atoms with Gasteiger partial charge in [-0.25, -0.2) is 8.42 Å². The van der Waals surface area contributed by atoms with Gasteiger partial charge in [-0.15, -0.1) is 0 Å². The number of hydrogen-bond donors (Lipinski definition) is 2. The second kappa shape index (κ2) is 11.8. The van der Waals surface area contributed by atoms with Crippen LogP contribution in [-0.4, -0.2) is 34.4 Å². The first-order valence-corrected chi connectivity index (χ1v) is 18.2. The van der Waals surface area contributed by atoms with Gasteiger partial charge in [0.2, 0.25) is 0 Å². The summed E-state index contributed by atoms with van der Waals surface area (Å²) in [5, 5.41) is 0. The van der Waals surface area contributed by atoms with E-state index in [2.05, 4.69) is 0 Å². The van der Waals surface area contributed by atoms with Gasteiger partial charge in [-0.05, 0) is 91.0 Å². The third-order valence-electron chi connectivity index (χ3n) is 4.91. The molecule has 0 saturated heterocycles. The first kappa shape index (κ1) is 30.0. The second-order valence-electron chi connectivity index (χ2n) is 7.75. The number of benzene rings is 4. The zero-order chi connectivity index (χ0) is 28.4. The van der Waals surface area contributed by atoms with Gasteiger partial charge in [0.1, 0.15) is 0 Å². The fourth-order valence-corrected chi connectivity index (χ4v) is 7.86. The summed E-state index contributed by atoms with van der Waals surface area (Å²) in [5.74, 6) is 0. The molecule has 4 rings (SSSR count). The summed E-state index contributed by atoms with van der Waals surface area (Å²) in [4.78, 5) is 4.15. The summed E-state index contributed by atoms with van der Waals surface area (Å²) < 4.78 is 86.9. The van der Waals surface area contributed by atoms with Crippen LogP contribution < -0.4 is 0 Å². The van der Waals surface area contributed by atoms with Crippen molar-refractivity contribution in [2.45, 2.75) is 44.1 Å². The lowest BCUT2D eigenvalue weighted by Crippen LogP contribution is -1.97. The topological polar surface area (TPSA) is 143 Å². The van der Waals surface area contributed by atoms with E-state index in [4.69, 9.17) is 10.7 Å². The fraction of sp³-hybridized carbons (Fsp3) is 0. The second-order valence-corrected chi connectivity index (χ2v) is 16.6. The van der Waals surface area contributed by atoms with Gasteiger partial charge in [0.25, 0.3) is 29.3 Å². The van der Waals surface area contributed by atoms with Gasteiger partial charge in [0, 0.05) is 40.1 Å². The smallest absolute Gasteiger partial charge is 0.282 e. The lowest BCUT2D eigenvalue weighted by atomic mass is 10.3. The van der Waals surface area contributed by atoms with Crippen molar-refractivity contribution in [3.8, 4) is 0 Å². The molecule has 0 aliphatic rings. The van der Waals surface area contributed by atoms with E-state index in [1.807, 2.05) is 18.2 Å². The molecule has 0 bridgehead atoms. The lowest BCUT2D eigenvalue weighted by molar-refractivity contribution is 0.481. The SMILES string of the molecule is O=S(=O)(O)c1ccc(Sc2cc(Sc3ccc(S(=O)(=O)O)cc3)cc(Sc3ccc(S(=O)(=O)Cl)cc3)c2)cc1. The molecule has 204 valence electrons. The Morgan fingerprint density at radius 3 is 0.923 bits per heavy atom. The van der Waals surface area contributed by atoms with Crippen molar-refractivity contribution in [2.24, 2.45) is 0 Å². The standard InChI is InChI=1S/C24H17ClO8S6/c25-37(26,27)22-7-1-16(2-8-22)34-19-13-20(35-17-3-9-23(10-4-17)38(28,29)30)15-21(14-19)36-18-5-11-24(12-6-18)39(31,32)33/h1-15H,(H,28,29,30)(H,31,32,33). The molecule has 0 spiro atoms. The average molecular weight is 661 g/mol. The fourth-order valence-electron chi connectivity index (χ4n) is 3.16. The highest BCUT2D eigenvalue weighted by Gasteiger charge is 2.13. The van der Waals surface area contributed by atoms with Crippen molar-refractivity contribution in [1.82, 2.24) is 0 Å². The molecule has 0 aliphatic heterocycles. The Morgan fingerprint density at radius 2 is 0.692 bits per heavy atom. The monoisotopic (exact) mass is 660 g/mol. The summed E-state index contributed by atoms with van der Waals surface area (Å²) in [6.45, 7) is 0. The molecule has 0 heterocycles. The van der Waals surface area contributed by atoms with Crippen molar-refractivity contribution in [1.29, 1.82) is 0 Å². The maximum absolute atomic E-state index is 11.5. The van der Waals surface area contributed by atoms with Gasteiger partial charge >= 0.3 is 0 Å². The maximum atomic E-state index is 11.5. The minimum atomic E-state index is -4.31. The van der Waals surface area contributed by atoms with Crippen LogP contribution in [0.15, 0.2) is 135 Å². The predicted molar refractivity (Wildman–Crippen MR) is 151 cm³/mol. The number of hydrogen-bond acceptors (Lipinski definition) is 9. The van der Waals surface area contributed by atoms with Crippen molar-refractivity contribution >= 4 is 75.3 Å². The van der Waals surface area contributed by atoms with Gasteiger partial charge in [-0.2, -0.15) is 16.8 Å². The molecule has 0 fully saturated rings. The maximum Gasteiger partial charge on any atom is 0.294 e. The van der Waals surface area contributed by atoms with Crippen LogP contribution in [0.2, 0.25) is 0 Å². The molecule has 0 atom stereocenters. The summed E-state index contributed by atoms with van der Waals surface area (Å²) in [7, 11) is -7.08. The Hall–Kier alpha value is -2.01. The van der Waals surface area contributed by atoms with Gasteiger partial charge < -0.3 is 0 Å². The van der Waals surface area contributed by atoms with Crippen LogP contribution in [0, 0.1) is 0 Å². The zero-order valence-corrected chi connectivity index (χ0v) is 25.0. The Balaban J connectivity index is 1.65.